The molecule has 27 heavy (non-hydrogen) atoms. The third kappa shape index (κ3) is 5.20. The first-order chi connectivity index (χ1) is 13.1. The molecule has 7 nitrogen and oxygen atoms in total. The lowest BCUT2D eigenvalue weighted by atomic mass is 10.2. The Kier molecular flexibility index (Phi) is 6.68. The lowest BCUT2D eigenvalue weighted by Gasteiger charge is -2.10. The van der Waals surface area contributed by atoms with Crippen molar-refractivity contribution in [2.45, 2.75) is 25.0 Å². The van der Waals surface area contributed by atoms with E-state index < -0.39 is 5.97 Å². The van der Waals surface area contributed by atoms with Gasteiger partial charge in [0.25, 0.3) is 0 Å². The van der Waals surface area contributed by atoms with E-state index in [1.165, 1.54) is 17.1 Å². The molecule has 0 bridgehead atoms. The number of carbonyl (C=O) groups is 1. The Hall–Kier alpha value is -2.13. The Morgan fingerprint density at radius 2 is 2.04 bits per heavy atom. The van der Waals surface area contributed by atoms with Crippen LogP contribution in [0.3, 0.4) is 0 Å². The number of hydrogen-bond acceptors (Lipinski definition) is 7. The number of amidine groups is 1. The summed E-state index contributed by atoms with van der Waals surface area (Å²) in [4.78, 5) is 17.0. The second-order valence-corrected chi connectivity index (χ2v) is 8.60. The maximum absolute atomic E-state index is 12.1. The molecule has 0 radical (unpaired) electrons. The SMILES string of the molecule is CCn1nc(C)cc1C(=O)O/N=C(/N)COc1ccc(C2SCCS2)cc1. The zero-order chi connectivity index (χ0) is 19.2. The third-order valence-electron chi connectivity index (χ3n) is 3.82. The van der Waals surface area contributed by atoms with Crippen molar-refractivity contribution >= 4 is 35.3 Å². The average molecular weight is 407 g/mol. The van der Waals surface area contributed by atoms with E-state index in [1.807, 2.05) is 49.5 Å². The minimum absolute atomic E-state index is 0.0334. The third-order valence-corrected chi connectivity index (χ3v) is 6.92. The van der Waals surface area contributed by atoms with Crippen LogP contribution in [0.15, 0.2) is 35.5 Å². The van der Waals surface area contributed by atoms with Gasteiger partial charge in [0.1, 0.15) is 18.1 Å². The minimum atomic E-state index is -0.601. The summed E-state index contributed by atoms with van der Waals surface area (Å²) in [7, 11) is 0. The highest BCUT2D eigenvalue weighted by Crippen LogP contribution is 2.45. The fourth-order valence-corrected chi connectivity index (χ4v) is 5.41. The van der Waals surface area contributed by atoms with Gasteiger partial charge in [-0.2, -0.15) is 5.10 Å². The number of aryl methyl sites for hydroxylation is 2. The Balaban J connectivity index is 1.51. The van der Waals surface area contributed by atoms with Crippen LogP contribution in [0.1, 0.15) is 33.3 Å². The van der Waals surface area contributed by atoms with Gasteiger partial charge in [-0.05, 0) is 37.6 Å². The first kappa shape index (κ1) is 19.6. The molecule has 1 aromatic carbocycles. The molecule has 2 aromatic rings. The summed E-state index contributed by atoms with van der Waals surface area (Å²) < 4.78 is 7.66. The first-order valence-corrected chi connectivity index (χ1v) is 10.7. The number of benzene rings is 1. The Morgan fingerprint density at radius 1 is 1.33 bits per heavy atom. The van der Waals surface area contributed by atoms with Gasteiger partial charge in [-0.1, -0.05) is 17.3 Å². The van der Waals surface area contributed by atoms with Crippen LogP contribution < -0.4 is 10.5 Å². The van der Waals surface area contributed by atoms with Crippen molar-refractivity contribution in [1.29, 1.82) is 0 Å². The number of rotatable bonds is 7. The number of hydrogen-bond donors (Lipinski definition) is 1. The average Bonchev–Trinajstić information content (AvgIpc) is 3.34. The van der Waals surface area contributed by atoms with Gasteiger partial charge in [0, 0.05) is 18.1 Å². The summed E-state index contributed by atoms with van der Waals surface area (Å²) in [6, 6.07) is 9.60. The molecule has 0 unspecified atom stereocenters. The van der Waals surface area contributed by atoms with E-state index >= 15 is 0 Å². The predicted octanol–water partition coefficient (Wildman–Crippen LogP) is 3.20. The van der Waals surface area contributed by atoms with E-state index in [0.717, 1.165) is 5.69 Å². The highest BCUT2D eigenvalue weighted by atomic mass is 32.2. The Labute approximate surface area is 166 Å². The first-order valence-electron chi connectivity index (χ1n) is 8.61. The standard InChI is InChI=1S/C18H22N4O3S2/c1-3-22-15(10-12(2)20-22)17(23)25-21-16(19)11-24-14-6-4-13(5-7-14)18-26-8-9-27-18/h4-7,10,18H,3,8-9,11H2,1-2H3,(H2,19,21). The normalized spacial score (nSPS) is 15.1. The molecule has 2 N–H and O–H groups in total. The summed E-state index contributed by atoms with van der Waals surface area (Å²) in [5.74, 6) is 2.55. The van der Waals surface area contributed by atoms with E-state index in [9.17, 15) is 4.79 Å². The molecule has 1 aliphatic rings. The number of nitrogens with two attached hydrogens (primary N) is 1. The largest absolute Gasteiger partial charge is 0.486 e. The second-order valence-electron chi connectivity index (χ2n) is 5.88. The van der Waals surface area contributed by atoms with Crippen LogP contribution in [0, 0.1) is 6.92 Å². The smallest absolute Gasteiger partial charge is 0.383 e. The molecule has 9 heteroatoms. The lowest BCUT2D eigenvalue weighted by molar-refractivity contribution is 0.0499. The van der Waals surface area contributed by atoms with Crippen LogP contribution in [-0.2, 0) is 11.4 Å². The molecule has 144 valence electrons. The van der Waals surface area contributed by atoms with Crippen molar-refractivity contribution < 1.29 is 14.4 Å². The molecule has 3 rings (SSSR count). The van der Waals surface area contributed by atoms with Crippen molar-refractivity contribution in [3.63, 3.8) is 0 Å². The van der Waals surface area contributed by atoms with Crippen LogP contribution in [0.2, 0.25) is 0 Å². The summed E-state index contributed by atoms with van der Waals surface area (Å²) >= 11 is 3.92. The maximum atomic E-state index is 12.1. The van der Waals surface area contributed by atoms with E-state index in [4.69, 9.17) is 15.3 Å². The van der Waals surface area contributed by atoms with Crippen LogP contribution >= 0.6 is 23.5 Å². The van der Waals surface area contributed by atoms with Crippen molar-refractivity contribution in [2.75, 3.05) is 18.1 Å². The Bertz CT molecular complexity index is 815. The topological polar surface area (TPSA) is 91.7 Å². The number of nitrogens with zero attached hydrogens (tertiary/aromatic N) is 3. The van der Waals surface area contributed by atoms with Crippen molar-refractivity contribution in [3.8, 4) is 5.75 Å². The van der Waals surface area contributed by atoms with E-state index in [1.54, 1.807) is 10.7 Å². The molecule has 0 amide bonds. The summed E-state index contributed by atoms with van der Waals surface area (Å²) in [5, 5.41) is 7.85. The van der Waals surface area contributed by atoms with Crippen molar-refractivity contribution in [1.82, 2.24) is 9.78 Å². The summed E-state index contributed by atoms with van der Waals surface area (Å²) in [6.07, 6.45) is 0. The van der Waals surface area contributed by atoms with E-state index in [-0.39, 0.29) is 12.4 Å². The van der Waals surface area contributed by atoms with Gasteiger partial charge in [0.05, 0.1) is 10.3 Å². The molecule has 0 atom stereocenters. The van der Waals surface area contributed by atoms with Crippen molar-refractivity contribution in [3.05, 3.63) is 47.3 Å². The quantitative estimate of drug-likeness (QED) is 0.327. The van der Waals surface area contributed by atoms with Crippen molar-refractivity contribution in [2.24, 2.45) is 10.9 Å². The molecule has 1 fully saturated rings. The number of aromatic nitrogens is 2. The summed E-state index contributed by atoms with van der Waals surface area (Å²) in [5.41, 5.74) is 8.13. The van der Waals surface area contributed by atoms with Gasteiger partial charge in [-0.3, -0.25) is 4.68 Å². The van der Waals surface area contributed by atoms with Gasteiger partial charge >= 0.3 is 5.97 Å². The highest BCUT2D eigenvalue weighted by Gasteiger charge is 2.18. The van der Waals surface area contributed by atoms with Gasteiger partial charge in [-0.15, -0.1) is 23.5 Å². The number of ether oxygens (including phenoxy) is 1. The molecule has 1 aromatic heterocycles. The molecule has 1 saturated heterocycles. The number of oxime groups is 1. The van der Waals surface area contributed by atoms with Gasteiger partial charge < -0.3 is 15.3 Å². The maximum Gasteiger partial charge on any atom is 0.383 e. The predicted molar refractivity (Wildman–Crippen MR) is 109 cm³/mol. The molecule has 0 saturated carbocycles. The minimum Gasteiger partial charge on any atom is -0.486 e. The second kappa shape index (κ2) is 9.18. The van der Waals surface area contributed by atoms with Crippen LogP contribution in [0.5, 0.6) is 5.75 Å². The highest BCUT2D eigenvalue weighted by molar-refractivity contribution is 8.19. The van der Waals surface area contributed by atoms with Gasteiger partial charge in [0.15, 0.2) is 5.84 Å². The zero-order valence-corrected chi connectivity index (χ0v) is 16.9. The van der Waals surface area contributed by atoms with Crippen LogP contribution in [0.25, 0.3) is 0 Å². The van der Waals surface area contributed by atoms with E-state index in [2.05, 4.69) is 22.4 Å². The number of carbonyl (C=O) groups excluding carboxylic acids is 1. The van der Waals surface area contributed by atoms with E-state index in [0.29, 0.717) is 22.6 Å². The van der Waals surface area contributed by atoms with Crippen LogP contribution in [-0.4, -0.2) is 39.7 Å². The monoisotopic (exact) mass is 406 g/mol. The summed E-state index contributed by atoms with van der Waals surface area (Å²) in [6.45, 7) is 4.30. The Morgan fingerprint density at radius 3 is 2.70 bits per heavy atom. The van der Waals surface area contributed by atoms with Gasteiger partial charge in [-0.25, -0.2) is 4.79 Å². The number of thioether (sulfide) groups is 2. The molecule has 1 aliphatic heterocycles. The fourth-order valence-electron chi connectivity index (χ4n) is 2.55. The van der Waals surface area contributed by atoms with Gasteiger partial charge in [0.2, 0.25) is 0 Å². The lowest BCUT2D eigenvalue weighted by Crippen LogP contribution is -2.22. The molecule has 0 spiro atoms. The fraction of sp³-hybridized carbons (Fsp3) is 0.389. The van der Waals surface area contributed by atoms with Crippen LogP contribution in [0.4, 0.5) is 0 Å². The zero-order valence-electron chi connectivity index (χ0n) is 15.3. The molecule has 2 heterocycles. The molecular weight excluding hydrogens is 384 g/mol. The molecular formula is C18H22N4O3S2. The molecule has 0 aliphatic carbocycles.